The van der Waals surface area contributed by atoms with Crippen molar-refractivity contribution in [2.24, 2.45) is 0 Å². The van der Waals surface area contributed by atoms with E-state index in [-0.39, 0.29) is 5.75 Å². The number of hydrogen-bond acceptors (Lipinski definition) is 2. The van der Waals surface area contributed by atoms with E-state index >= 15 is 0 Å². The van der Waals surface area contributed by atoms with Crippen LogP contribution in [0.15, 0.2) is 72.8 Å². The summed E-state index contributed by atoms with van der Waals surface area (Å²) in [6.07, 6.45) is 0. The van der Waals surface area contributed by atoms with Gasteiger partial charge < -0.3 is 10.2 Å². The standard InChI is InChI=1S/C19H14O2/c20-14-10-11-16-15-8-4-5-9-17(15)19(21,18(16)12-14)13-6-2-1-3-7-13/h1-12,20-21H. The Kier molecular flexibility index (Phi) is 2.44. The second kappa shape index (κ2) is 4.21. The van der Waals surface area contributed by atoms with Gasteiger partial charge in [-0.2, -0.15) is 0 Å². The van der Waals surface area contributed by atoms with Crippen LogP contribution in [-0.2, 0) is 5.60 Å². The molecule has 0 aromatic heterocycles. The zero-order valence-corrected chi connectivity index (χ0v) is 11.3. The summed E-state index contributed by atoms with van der Waals surface area (Å²) < 4.78 is 0. The van der Waals surface area contributed by atoms with Gasteiger partial charge in [-0.05, 0) is 28.8 Å². The summed E-state index contributed by atoms with van der Waals surface area (Å²) in [7, 11) is 0. The molecule has 0 fully saturated rings. The molecular formula is C19H14O2. The Hall–Kier alpha value is -2.58. The van der Waals surface area contributed by atoms with Crippen LogP contribution in [0.3, 0.4) is 0 Å². The smallest absolute Gasteiger partial charge is 0.141 e. The lowest BCUT2D eigenvalue weighted by molar-refractivity contribution is 0.130. The Morgan fingerprint density at radius 2 is 1.33 bits per heavy atom. The topological polar surface area (TPSA) is 40.5 Å². The minimum absolute atomic E-state index is 0.163. The summed E-state index contributed by atoms with van der Waals surface area (Å²) in [5.41, 5.74) is 3.16. The fraction of sp³-hybridized carbons (Fsp3) is 0.0526. The minimum atomic E-state index is -1.22. The molecule has 3 aromatic rings. The number of aliphatic hydroxyl groups is 1. The molecule has 102 valence electrons. The van der Waals surface area contributed by atoms with Crippen LogP contribution >= 0.6 is 0 Å². The summed E-state index contributed by atoms with van der Waals surface area (Å²) in [5, 5.41) is 21.3. The highest BCUT2D eigenvalue weighted by Crippen LogP contribution is 2.51. The highest BCUT2D eigenvalue weighted by Gasteiger charge is 2.42. The van der Waals surface area contributed by atoms with Crippen LogP contribution < -0.4 is 0 Å². The molecule has 2 nitrogen and oxygen atoms in total. The van der Waals surface area contributed by atoms with Crippen molar-refractivity contribution in [2.45, 2.75) is 5.60 Å². The van der Waals surface area contributed by atoms with Crippen LogP contribution in [0.2, 0.25) is 0 Å². The van der Waals surface area contributed by atoms with Crippen molar-refractivity contribution in [1.29, 1.82) is 0 Å². The van der Waals surface area contributed by atoms with Crippen LogP contribution in [-0.4, -0.2) is 10.2 Å². The van der Waals surface area contributed by atoms with Gasteiger partial charge in [0.25, 0.3) is 0 Å². The van der Waals surface area contributed by atoms with E-state index in [4.69, 9.17) is 0 Å². The predicted molar refractivity (Wildman–Crippen MR) is 82.1 cm³/mol. The van der Waals surface area contributed by atoms with Gasteiger partial charge in [-0.15, -0.1) is 0 Å². The molecule has 1 aliphatic rings. The number of fused-ring (bicyclic) bond motifs is 3. The first-order chi connectivity index (χ1) is 10.2. The van der Waals surface area contributed by atoms with E-state index in [1.807, 2.05) is 60.7 Å². The zero-order valence-electron chi connectivity index (χ0n) is 11.3. The SMILES string of the molecule is Oc1ccc2c(c1)C(O)(c1ccccc1)c1ccccc1-2. The van der Waals surface area contributed by atoms with Crippen molar-refractivity contribution >= 4 is 0 Å². The second-order valence-corrected chi connectivity index (χ2v) is 5.35. The Morgan fingerprint density at radius 3 is 2.14 bits per heavy atom. The molecule has 4 rings (SSSR count). The van der Waals surface area contributed by atoms with E-state index in [2.05, 4.69) is 0 Å². The molecule has 1 aliphatic carbocycles. The van der Waals surface area contributed by atoms with Crippen molar-refractivity contribution in [3.63, 3.8) is 0 Å². The molecule has 0 heterocycles. The van der Waals surface area contributed by atoms with Crippen LogP contribution in [0, 0.1) is 0 Å². The van der Waals surface area contributed by atoms with Crippen molar-refractivity contribution < 1.29 is 10.2 Å². The lowest BCUT2D eigenvalue weighted by Crippen LogP contribution is -2.25. The largest absolute Gasteiger partial charge is 0.508 e. The predicted octanol–water partition coefficient (Wildman–Crippen LogP) is 3.66. The molecule has 0 aliphatic heterocycles. The zero-order chi connectivity index (χ0) is 14.4. The van der Waals surface area contributed by atoms with Crippen LogP contribution in [0.4, 0.5) is 0 Å². The van der Waals surface area contributed by atoms with Gasteiger partial charge in [0.15, 0.2) is 0 Å². The van der Waals surface area contributed by atoms with Gasteiger partial charge in [0, 0.05) is 11.1 Å². The minimum Gasteiger partial charge on any atom is -0.508 e. The monoisotopic (exact) mass is 274 g/mol. The van der Waals surface area contributed by atoms with E-state index in [0.29, 0.717) is 0 Å². The van der Waals surface area contributed by atoms with E-state index in [0.717, 1.165) is 27.8 Å². The van der Waals surface area contributed by atoms with Gasteiger partial charge in [-0.25, -0.2) is 0 Å². The second-order valence-electron chi connectivity index (χ2n) is 5.35. The molecule has 3 aromatic carbocycles. The summed E-state index contributed by atoms with van der Waals surface area (Å²) in [6.45, 7) is 0. The Morgan fingerprint density at radius 1 is 0.667 bits per heavy atom. The molecule has 1 unspecified atom stereocenters. The molecule has 0 saturated carbocycles. The molecule has 0 saturated heterocycles. The van der Waals surface area contributed by atoms with Gasteiger partial charge in [0.1, 0.15) is 11.4 Å². The van der Waals surface area contributed by atoms with Gasteiger partial charge >= 0.3 is 0 Å². The highest BCUT2D eigenvalue weighted by molar-refractivity contribution is 5.82. The molecule has 21 heavy (non-hydrogen) atoms. The normalized spacial score (nSPS) is 19.1. The lowest BCUT2D eigenvalue weighted by Gasteiger charge is -2.26. The fourth-order valence-electron chi connectivity index (χ4n) is 3.24. The maximum atomic E-state index is 11.5. The number of phenols is 1. The highest BCUT2D eigenvalue weighted by atomic mass is 16.3. The molecular weight excluding hydrogens is 260 g/mol. The van der Waals surface area contributed by atoms with E-state index in [9.17, 15) is 10.2 Å². The number of benzene rings is 3. The Balaban J connectivity index is 2.10. The van der Waals surface area contributed by atoms with Crippen molar-refractivity contribution in [3.05, 3.63) is 89.5 Å². The Labute approximate surface area is 122 Å². The van der Waals surface area contributed by atoms with Crippen molar-refractivity contribution in [3.8, 4) is 16.9 Å². The van der Waals surface area contributed by atoms with Gasteiger partial charge in [0.2, 0.25) is 0 Å². The maximum Gasteiger partial charge on any atom is 0.141 e. The van der Waals surface area contributed by atoms with E-state index in [1.165, 1.54) is 0 Å². The summed E-state index contributed by atoms with van der Waals surface area (Å²) in [4.78, 5) is 0. The average molecular weight is 274 g/mol. The van der Waals surface area contributed by atoms with Crippen molar-refractivity contribution in [1.82, 2.24) is 0 Å². The third kappa shape index (κ3) is 1.57. The summed E-state index contributed by atoms with van der Waals surface area (Å²) in [5.74, 6) is 0.163. The molecule has 1 atom stereocenters. The summed E-state index contributed by atoms with van der Waals surface area (Å²) in [6, 6.07) is 22.6. The molecule has 2 N–H and O–H groups in total. The van der Waals surface area contributed by atoms with Crippen LogP contribution in [0.25, 0.3) is 11.1 Å². The summed E-state index contributed by atoms with van der Waals surface area (Å²) >= 11 is 0. The number of phenolic OH excluding ortho intramolecular Hbond substituents is 1. The molecule has 0 radical (unpaired) electrons. The van der Waals surface area contributed by atoms with E-state index < -0.39 is 5.60 Å². The molecule has 2 heteroatoms. The first kappa shape index (κ1) is 12.2. The lowest BCUT2D eigenvalue weighted by atomic mass is 9.84. The first-order valence-electron chi connectivity index (χ1n) is 6.92. The first-order valence-corrected chi connectivity index (χ1v) is 6.92. The van der Waals surface area contributed by atoms with Crippen LogP contribution in [0.1, 0.15) is 16.7 Å². The van der Waals surface area contributed by atoms with Gasteiger partial charge in [-0.1, -0.05) is 60.7 Å². The van der Waals surface area contributed by atoms with E-state index in [1.54, 1.807) is 12.1 Å². The number of aromatic hydroxyl groups is 1. The number of hydrogen-bond donors (Lipinski definition) is 2. The maximum absolute atomic E-state index is 11.5. The third-order valence-electron chi connectivity index (χ3n) is 4.19. The van der Waals surface area contributed by atoms with Gasteiger partial charge in [-0.3, -0.25) is 0 Å². The van der Waals surface area contributed by atoms with Crippen molar-refractivity contribution in [2.75, 3.05) is 0 Å². The molecule has 0 amide bonds. The average Bonchev–Trinajstić information content (AvgIpc) is 2.79. The molecule has 0 spiro atoms. The molecule has 0 bridgehead atoms. The van der Waals surface area contributed by atoms with Gasteiger partial charge in [0.05, 0.1) is 0 Å². The third-order valence-corrected chi connectivity index (χ3v) is 4.19. The quantitative estimate of drug-likeness (QED) is 0.711. The fourth-order valence-corrected chi connectivity index (χ4v) is 3.24. The number of rotatable bonds is 1. The van der Waals surface area contributed by atoms with Crippen LogP contribution in [0.5, 0.6) is 5.75 Å². The Bertz CT molecular complexity index is 824.